The Hall–Kier alpha value is -2.88. The van der Waals surface area contributed by atoms with Crippen molar-refractivity contribution in [3.63, 3.8) is 0 Å². The summed E-state index contributed by atoms with van der Waals surface area (Å²) in [4.78, 5) is 26.4. The highest BCUT2D eigenvalue weighted by Crippen LogP contribution is 2.38. The van der Waals surface area contributed by atoms with E-state index in [9.17, 15) is 9.59 Å². The second kappa shape index (κ2) is 5.96. The summed E-state index contributed by atoms with van der Waals surface area (Å²) in [6, 6.07) is 16.8. The zero-order valence-corrected chi connectivity index (χ0v) is 13.9. The number of rotatable bonds is 1. The number of benzene rings is 2. The Kier molecular flexibility index (Phi) is 3.97. The van der Waals surface area contributed by atoms with Crippen LogP contribution in [0.2, 0.25) is 0 Å². The molecule has 0 saturated carbocycles. The maximum absolute atomic E-state index is 12.9. The van der Waals surface area contributed by atoms with Gasteiger partial charge in [0.25, 0.3) is 5.91 Å². The van der Waals surface area contributed by atoms with Crippen LogP contribution in [-0.2, 0) is 9.53 Å². The number of ether oxygens (including phenoxy) is 1. The molecule has 1 aliphatic rings. The Balaban J connectivity index is 2.04. The van der Waals surface area contributed by atoms with E-state index < -0.39 is 11.7 Å². The maximum atomic E-state index is 12.9. The van der Waals surface area contributed by atoms with Gasteiger partial charge in [-0.05, 0) is 38.5 Å². The summed E-state index contributed by atoms with van der Waals surface area (Å²) in [5, 5.41) is 0. The van der Waals surface area contributed by atoms with Gasteiger partial charge in [0.1, 0.15) is 5.60 Å². The zero-order valence-electron chi connectivity index (χ0n) is 13.9. The Morgan fingerprint density at radius 2 is 1.62 bits per heavy atom. The molecule has 0 radical (unpaired) electrons. The molecule has 4 nitrogen and oxygen atoms in total. The molecule has 2 amide bonds. The third-order valence-electron chi connectivity index (χ3n) is 3.56. The van der Waals surface area contributed by atoms with Gasteiger partial charge in [0.2, 0.25) is 0 Å². The number of anilines is 1. The lowest BCUT2D eigenvalue weighted by molar-refractivity contribution is -0.112. The number of hydrogen-bond acceptors (Lipinski definition) is 3. The molecule has 1 heterocycles. The van der Waals surface area contributed by atoms with E-state index in [0.29, 0.717) is 11.3 Å². The van der Waals surface area contributed by atoms with Crippen LogP contribution < -0.4 is 4.90 Å². The molecular weight excluding hydrogens is 302 g/mol. The third kappa shape index (κ3) is 3.08. The Labute approximate surface area is 141 Å². The monoisotopic (exact) mass is 321 g/mol. The lowest BCUT2D eigenvalue weighted by atomic mass is 10.0. The van der Waals surface area contributed by atoms with Crippen LogP contribution in [0.25, 0.3) is 11.6 Å². The number of amides is 2. The van der Waals surface area contributed by atoms with Gasteiger partial charge in [-0.15, -0.1) is 0 Å². The smallest absolute Gasteiger partial charge is 0.422 e. The Bertz CT molecular complexity index is 816. The molecule has 0 fully saturated rings. The van der Waals surface area contributed by atoms with Gasteiger partial charge >= 0.3 is 6.09 Å². The second-order valence-electron chi connectivity index (χ2n) is 6.61. The molecule has 0 spiro atoms. The van der Waals surface area contributed by atoms with Crippen molar-refractivity contribution in [3.8, 4) is 0 Å². The highest BCUT2D eigenvalue weighted by atomic mass is 16.6. The molecule has 0 bridgehead atoms. The fourth-order valence-electron chi connectivity index (χ4n) is 2.59. The minimum atomic E-state index is -0.668. The number of nitrogens with zero attached hydrogens (tertiary/aromatic N) is 1. The van der Waals surface area contributed by atoms with Gasteiger partial charge in [-0.1, -0.05) is 48.5 Å². The number of carbonyl (C=O) groups excluding carboxylic acids is 2. The number of carbonyl (C=O) groups is 2. The first-order chi connectivity index (χ1) is 11.4. The predicted molar refractivity (Wildman–Crippen MR) is 94.5 cm³/mol. The normalized spacial score (nSPS) is 15.5. The standard InChI is InChI=1S/C20H19NO3/c1-20(2,3)24-19(23)21-17-12-8-7-11-15(17)16(18(21)22)13-14-9-5-4-6-10-14/h4-13H,1-3H3. The summed E-state index contributed by atoms with van der Waals surface area (Å²) in [6.45, 7) is 5.33. The number of para-hydroxylation sites is 1. The zero-order chi connectivity index (χ0) is 17.3. The molecular formula is C20H19NO3. The quantitative estimate of drug-likeness (QED) is 0.726. The summed E-state index contributed by atoms with van der Waals surface area (Å²) in [5.41, 5.74) is 2.01. The van der Waals surface area contributed by atoms with Crippen LogP contribution >= 0.6 is 0 Å². The SMILES string of the molecule is CC(C)(C)OC(=O)N1C(=O)C(=Cc2ccccc2)c2ccccc21. The van der Waals surface area contributed by atoms with Gasteiger partial charge in [-0.3, -0.25) is 4.79 Å². The first kappa shape index (κ1) is 16.0. The summed E-state index contributed by atoms with van der Waals surface area (Å²) < 4.78 is 5.39. The topological polar surface area (TPSA) is 46.6 Å². The molecule has 1 aliphatic heterocycles. The van der Waals surface area contributed by atoms with Crippen molar-refractivity contribution in [1.82, 2.24) is 0 Å². The lowest BCUT2D eigenvalue weighted by Gasteiger charge is -2.23. The molecule has 24 heavy (non-hydrogen) atoms. The molecule has 0 saturated heterocycles. The summed E-state index contributed by atoms with van der Waals surface area (Å²) in [5.74, 6) is -0.366. The first-order valence-corrected chi connectivity index (χ1v) is 7.80. The lowest BCUT2D eigenvalue weighted by Crippen LogP contribution is -2.38. The third-order valence-corrected chi connectivity index (χ3v) is 3.56. The maximum Gasteiger partial charge on any atom is 0.422 e. The van der Waals surface area contributed by atoms with Crippen LogP contribution in [0.3, 0.4) is 0 Å². The molecule has 0 aromatic heterocycles. The fourth-order valence-corrected chi connectivity index (χ4v) is 2.59. The first-order valence-electron chi connectivity index (χ1n) is 7.80. The van der Waals surface area contributed by atoms with Crippen molar-refractivity contribution in [2.45, 2.75) is 26.4 Å². The molecule has 0 aliphatic carbocycles. The summed E-state index contributed by atoms with van der Waals surface area (Å²) >= 11 is 0. The molecule has 0 atom stereocenters. The van der Waals surface area contributed by atoms with E-state index in [4.69, 9.17) is 4.74 Å². The molecule has 0 unspecified atom stereocenters. The molecule has 122 valence electrons. The Morgan fingerprint density at radius 1 is 1.00 bits per heavy atom. The molecule has 2 aromatic carbocycles. The van der Waals surface area contributed by atoms with E-state index in [1.165, 1.54) is 0 Å². The van der Waals surface area contributed by atoms with Gasteiger partial charge in [0, 0.05) is 5.56 Å². The minimum Gasteiger partial charge on any atom is -0.443 e. The highest BCUT2D eigenvalue weighted by molar-refractivity contribution is 6.41. The molecule has 4 heteroatoms. The summed E-state index contributed by atoms with van der Waals surface area (Å²) in [7, 11) is 0. The fraction of sp³-hybridized carbons (Fsp3) is 0.200. The van der Waals surface area contributed by atoms with Crippen LogP contribution in [0, 0.1) is 0 Å². The number of fused-ring (bicyclic) bond motifs is 1. The van der Waals surface area contributed by atoms with E-state index >= 15 is 0 Å². The van der Waals surface area contributed by atoms with E-state index in [2.05, 4.69) is 0 Å². The van der Waals surface area contributed by atoms with Crippen LogP contribution in [0.4, 0.5) is 10.5 Å². The van der Waals surface area contributed by atoms with Gasteiger partial charge < -0.3 is 4.74 Å². The van der Waals surface area contributed by atoms with Crippen molar-refractivity contribution >= 4 is 29.3 Å². The molecule has 2 aromatic rings. The van der Waals surface area contributed by atoms with Gasteiger partial charge in [0.15, 0.2) is 0 Å². The minimum absolute atomic E-state index is 0.366. The van der Waals surface area contributed by atoms with Gasteiger partial charge in [-0.25, -0.2) is 9.69 Å². The number of imide groups is 1. The second-order valence-corrected chi connectivity index (χ2v) is 6.61. The molecule has 0 N–H and O–H groups in total. The average molecular weight is 321 g/mol. The van der Waals surface area contributed by atoms with E-state index in [-0.39, 0.29) is 5.91 Å². The van der Waals surface area contributed by atoms with Crippen molar-refractivity contribution in [2.24, 2.45) is 0 Å². The molecule has 3 rings (SSSR count). The largest absolute Gasteiger partial charge is 0.443 e. The van der Waals surface area contributed by atoms with E-state index in [1.807, 2.05) is 42.5 Å². The van der Waals surface area contributed by atoms with E-state index in [0.717, 1.165) is 16.0 Å². The van der Waals surface area contributed by atoms with Crippen LogP contribution in [0.15, 0.2) is 54.6 Å². The van der Waals surface area contributed by atoms with Crippen molar-refractivity contribution in [2.75, 3.05) is 4.90 Å². The van der Waals surface area contributed by atoms with Crippen molar-refractivity contribution in [3.05, 3.63) is 65.7 Å². The van der Waals surface area contributed by atoms with Crippen LogP contribution in [0.5, 0.6) is 0 Å². The van der Waals surface area contributed by atoms with E-state index in [1.54, 1.807) is 39.0 Å². The summed E-state index contributed by atoms with van der Waals surface area (Å²) in [6.07, 6.45) is 1.14. The number of hydrogen-bond donors (Lipinski definition) is 0. The van der Waals surface area contributed by atoms with Crippen molar-refractivity contribution < 1.29 is 14.3 Å². The van der Waals surface area contributed by atoms with Gasteiger partial charge in [-0.2, -0.15) is 0 Å². The highest BCUT2D eigenvalue weighted by Gasteiger charge is 2.38. The van der Waals surface area contributed by atoms with Crippen LogP contribution in [0.1, 0.15) is 31.9 Å². The average Bonchev–Trinajstić information content (AvgIpc) is 2.79. The van der Waals surface area contributed by atoms with Crippen molar-refractivity contribution in [1.29, 1.82) is 0 Å². The Morgan fingerprint density at radius 3 is 2.29 bits per heavy atom. The predicted octanol–water partition coefficient (Wildman–Crippen LogP) is 4.51. The van der Waals surface area contributed by atoms with Crippen LogP contribution in [-0.4, -0.2) is 17.6 Å². The van der Waals surface area contributed by atoms with Gasteiger partial charge in [0.05, 0.1) is 11.3 Å².